The number of alkyl halides is 6. The quantitative estimate of drug-likeness (QED) is 0.491. The average molecular weight is 573 g/mol. The molecule has 4 heterocycles. The third-order valence-corrected chi connectivity index (χ3v) is 6.79. The molecule has 2 atom stereocenters. The summed E-state index contributed by atoms with van der Waals surface area (Å²) >= 11 is 1.87. The summed E-state index contributed by atoms with van der Waals surface area (Å²) in [6, 6.07) is 8.17. The van der Waals surface area contributed by atoms with Gasteiger partial charge >= 0.3 is 24.3 Å². The Balaban J connectivity index is 0.000000301. The van der Waals surface area contributed by atoms with E-state index in [1.165, 1.54) is 10.4 Å². The largest absolute Gasteiger partial charge is 0.490 e. The zero-order chi connectivity index (χ0) is 28.6. The highest BCUT2D eigenvalue weighted by Crippen LogP contribution is 2.42. The van der Waals surface area contributed by atoms with Crippen molar-refractivity contribution in [3.05, 3.63) is 52.0 Å². The van der Waals surface area contributed by atoms with Gasteiger partial charge in [-0.25, -0.2) is 9.59 Å². The number of pyridine rings is 1. The van der Waals surface area contributed by atoms with Crippen LogP contribution in [0.15, 0.2) is 35.8 Å². The van der Waals surface area contributed by atoms with Crippen molar-refractivity contribution in [2.24, 2.45) is 11.3 Å². The van der Waals surface area contributed by atoms with Crippen LogP contribution in [-0.4, -0.2) is 77.3 Å². The number of fused-ring (bicyclic) bond motifs is 1. The van der Waals surface area contributed by atoms with Gasteiger partial charge < -0.3 is 19.7 Å². The summed E-state index contributed by atoms with van der Waals surface area (Å²) < 4.78 is 75.3. The number of thiophene rings is 1. The monoisotopic (exact) mass is 572 g/mol. The van der Waals surface area contributed by atoms with E-state index in [0.717, 1.165) is 45.1 Å². The average Bonchev–Trinajstić information content (AvgIpc) is 3.48. The van der Waals surface area contributed by atoms with Gasteiger partial charge in [-0.1, -0.05) is 6.07 Å². The second-order valence-electron chi connectivity index (χ2n) is 8.69. The highest BCUT2D eigenvalue weighted by atomic mass is 32.1. The summed E-state index contributed by atoms with van der Waals surface area (Å²) in [6.45, 7) is 8.47. The van der Waals surface area contributed by atoms with Gasteiger partial charge in [0, 0.05) is 42.0 Å². The zero-order valence-corrected chi connectivity index (χ0v) is 20.9. The molecule has 0 radical (unpaired) electrons. The van der Waals surface area contributed by atoms with Gasteiger partial charge in [-0.05, 0) is 36.1 Å². The highest BCUT2D eigenvalue weighted by Gasteiger charge is 2.50. The Morgan fingerprint density at radius 2 is 1.79 bits per heavy atom. The van der Waals surface area contributed by atoms with E-state index in [2.05, 4.69) is 28.3 Å². The Morgan fingerprint density at radius 3 is 2.29 bits per heavy atom. The molecule has 0 saturated carbocycles. The number of ether oxygens (including phenoxy) is 2. The topological polar surface area (TPSA) is 109 Å². The number of halogens is 6. The summed E-state index contributed by atoms with van der Waals surface area (Å²) in [4.78, 5) is 26.2. The lowest BCUT2D eigenvalue weighted by Crippen LogP contribution is -2.35. The van der Waals surface area contributed by atoms with Crippen LogP contribution in [0.5, 0.6) is 0 Å². The summed E-state index contributed by atoms with van der Waals surface area (Å²) in [5.41, 5.74) is 2.56. The molecule has 8 nitrogen and oxygen atoms in total. The Hall–Kier alpha value is -2.75. The number of aromatic nitrogens is 1. The van der Waals surface area contributed by atoms with Gasteiger partial charge in [-0.2, -0.15) is 26.3 Å². The van der Waals surface area contributed by atoms with E-state index < -0.39 is 24.3 Å². The summed E-state index contributed by atoms with van der Waals surface area (Å²) in [6.07, 6.45) is -8.35. The van der Waals surface area contributed by atoms with E-state index in [1.54, 1.807) is 0 Å². The standard InChI is InChI=1S/C19H24N2O2S.2C2HF3O2/c1-15-5-7-24-18(15)9-21-8-16-10-22-13-19(16,12-21)14-23-11-17-4-2-3-6-20-17;2*3-2(4,5)1(6)7/h2-7,16H,8-14H2,1H3;2*(H,6,7)/t16-,19+;;/m1../s1. The van der Waals surface area contributed by atoms with Gasteiger partial charge in [-0.15, -0.1) is 11.3 Å². The number of likely N-dealkylation sites (tertiary alicyclic amines) is 1. The second kappa shape index (κ2) is 13.4. The van der Waals surface area contributed by atoms with E-state index in [4.69, 9.17) is 29.3 Å². The second-order valence-corrected chi connectivity index (χ2v) is 9.69. The molecule has 0 bridgehead atoms. The molecular formula is C23H26F6N2O6S. The first-order valence-corrected chi connectivity index (χ1v) is 11.9. The van der Waals surface area contributed by atoms with Crippen LogP contribution in [0, 0.1) is 18.3 Å². The van der Waals surface area contributed by atoms with Crippen molar-refractivity contribution < 1.29 is 55.6 Å². The number of carboxylic acid groups (broad SMARTS) is 2. The van der Waals surface area contributed by atoms with Gasteiger partial charge in [0.1, 0.15) is 0 Å². The zero-order valence-electron chi connectivity index (χ0n) is 20.1. The number of hydrogen-bond acceptors (Lipinski definition) is 7. The summed E-state index contributed by atoms with van der Waals surface area (Å²) in [7, 11) is 0. The Bertz CT molecular complexity index is 1030. The predicted molar refractivity (Wildman–Crippen MR) is 122 cm³/mol. The van der Waals surface area contributed by atoms with E-state index >= 15 is 0 Å². The number of aliphatic carboxylic acids is 2. The molecule has 0 aromatic carbocycles. The van der Waals surface area contributed by atoms with Crippen molar-refractivity contribution in [1.29, 1.82) is 0 Å². The number of nitrogens with zero attached hydrogens (tertiary/aromatic N) is 2. The van der Waals surface area contributed by atoms with Crippen LogP contribution in [0.25, 0.3) is 0 Å². The molecule has 2 aromatic rings. The fraction of sp³-hybridized carbons (Fsp3) is 0.522. The molecule has 2 aliphatic rings. The lowest BCUT2D eigenvalue weighted by Gasteiger charge is -2.27. The van der Waals surface area contributed by atoms with Gasteiger partial charge in [0.25, 0.3) is 0 Å². The number of carboxylic acids is 2. The Labute approximate surface area is 217 Å². The lowest BCUT2D eigenvalue weighted by atomic mass is 9.82. The van der Waals surface area contributed by atoms with Gasteiger partial charge in [0.2, 0.25) is 0 Å². The highest BCUT2D eigenvalue weighted by molar-refractivity contribution is 7.10. The van der Waals surface area contributed by atoms with Gasteiger partial charge in [0.15, 0.2) is 0 Å². The lowest BCUT2D eigenvalue weighted by molar-refractivity contribution is -0.193. The molecule has 4 rings (SSSR count). The fourth-order valence-corrected chi connectivity index (χ4v) is 4.83. The minimum atomic E-state index is -5.08. The smallest absolute Gasteiger partial charge is 0.475 e. The minimum absolute atomic E-state index is 0.153. The van der Waals surface area contributed by atoms with Crippen LogP contribution >= 0.6 is 11.3 Å². The van der Waals surface area contributed by atoms with Gasteiger partial charge in [0.05, 0.1) is 32.1 Å². The molecule has 38 heavy (non-hydrogen) atoms. The van der Waals surface area contributed by atoms with E-state index in [0.29, 0.717) is 12.5 Å². The Morgan fingerprint density at radius 1 is 1.16 bits per heavy atom. The SMILES string of the molecule is Cc1ccsc1CN1C[C@@H]2COC[C@]2(COCc2ccccn2)C1.O=C(O)C(F)(F)F.O=C(O)C(F)(F)F. The van der Waals surface area contributed by atoms with Crippen molar-refractivity contribution in [1.82, 2.24) is 9.88 Å². The van der Waals surface area contributed by atoms with E-state index in [9.17, 15) is 26.3 Å². The van der Waals surface area contributed by atoms with Crippen LogP contribution in [0.3, 0.4) is 0 Å². The Kier molecular flexibility index (Phi) is 11.1. The van der Waals surface area contributed by atoms with Gasteiger partial charge in [-0.3, -0.25) is 9.88 Å². The fourth-order valence-electron chi connectivity index (χ4n) is 3.88. The maximum absolute atomic E-state index is 10.6. The molecule has 15 heteroatoms. The predicted octanol–water partition coefficient (Wildman–Crippen LogP) is 4.38. The van der Waals surface area contributed by atoms with Crippen molar-refractivity contribution in [3.8, 4) is 0 Å². The van der Waals surface area contributed by atoms with E-state index in [1.807, 2.05) is 35.7 Å². The molecule has 2 aliphatic heterocycles. The summed E-state index contributed by atoms with van der Waals surface area (Å²) in [5.74, 6) is -4.93. The van der Waals surface area contributed by atoms with Crippen molar-refractivity contribution in [3.63, 3.8) is 0 Å². The maximum atomic E-state index is 10.6. The maximum Gasteiger partial charge on any atom is 0.490 e. The first kappa shape index (κ1) is 31.5. The van der Waals surface area contributed by atoms with Crippen LogP contribution in [0.1, 0.15) is 16.1 Å². The minimum Gasteiger partial charge on any atom is -0.475 e. The molecular weight excluding hydrogens is 546 g/mol. The first-order valence-electron chi connectivity index (χ1n) is 11.0. The van der Waals surface area contributed by atoms with Crippen molar-refractivity contribution in [2.75, 3.05) is 32.9 Å². The van der Waals surface area contributed by atoms with Crippen LogP contribution in [-0.2, 0) is 32.2 Å². The molecule has 0 spiro atoms. The third kappa shape index (κ3) is 9.53. The molecule has 0 aliphatic carbocycles. The van der Waals surface area contributed by atoms with Crippen molar-refractivity contribution in [2.45, 2.75) is 32.4 Å². The molecule has 0 unspecified atom stereocenters. The van der Waals surface area contributed by atoms with Crippen LogP contribution in [0.4, 0.5) is 26.3 Å². The first-order chi connectivity index (χ1) is 17.6. The normalized spacial score (nSPS) is 21.1. The molecule has 0 amide bonds. The molecule has 2 N–H and O–H groups in total. The van der Waals surface area contributed by atoms with Crippen LogP contribution in [0.2, 0.25) is 0 Å². The third-order valence-electron chi connectivity index (χ3n) is 5.78. The molecule has 2 aromatic heterocycles. The number of carbonyl (C=O) groups is 2. The number of aryl methyl sites for hydroxylation is 1. The molecule has 212 valence electrons. The van der Waals surface area contributed by atoms with Crippen LogP contribution < -0.4 is 0 Å². The summed E-state index contributed by atoms with van der Waals surface area (Å²) in [5, 5.41) is 16.4. The van der Waals surface area contributed by atoms with E-state index in [-0.39, 0.29) is 5.41 Å². The molecule has 2 fully saturated rings. The molecule has 2 saturated heterocycles. The number of rotatable bonds is 6. The number of hydrogen-bond donors (Lipinski definition) is 2. The van der Waals surface area contributed by atoms with Crippen molar-refractivity contribution >= 4 is 23.3 Å².